The molecular formula is C18H23ClN4O. The number of hydrogen-bond donors (Lipinski definition) is 1. The van der Waals surface area contributed by atoms with Gasteiger partial charge in [-0.05, 0) is 50.3 Å². The Morgan fingerprint density at radius 2 is 2.04 bits per heavy atom. The molecule has 6 heteroatoms. The Morgan fingerprint density at radius 3 is 2.79 bits per heavy atom. The maximum atomic E-state index is 6.02. The van der Waals surface area contributed by atoms with Crippen LogP contribution in [0.25, 0.3) is 11.4 Å². The van der Waals surface area contributed by atoms with Crippen molar-refractivity contribution >= 4 is 11.6 Å². The first kappa shape index (κ1) is 16.1. The van der Waals surface area contributed by atoms with Gasteiger partial charge in [0.15, 0.2) is 0 Å². The van der Waals surface area contributed by atoms with Crippen LogP contribution in [0.3, 0.4) is 0 Å². The highest BCUT2D eigenvalue weighted by Gasteiger charge is 2.25. The van der Waals surface area contributed by atoms with Crippen LogP contribution in [-0.2, 0) is 6.54 Å². The molecule has 0 atom stereocenters. The molecule has 0 radical (unpaired) electrons. The van der Waals surface area contributed by atoms with Gasteiger partial charge in [-0.15, -0.1) is 0 Å². The highest BCUT2D eigenvalue weighted by molar-refractivity contribution is 6.30. The van der Waals surface area contributed by atoms with Crippen LogP contribution in [0, 0.1) is 5.92 Å². The van der Waals surface area contributed by atoms with Gasteiger partial charge in [0, 0.05) is 29.7 Å². The molecule has 2 aromatic rings. The molecule has 1 aliphatic heterocycles. The lowest BCUT2D eigenvalue weighted by Gasteiger charge is -2.31. The van der Waals surface area contributed by atoms with Crippen molar-refractivity contribution in [1.29, 1.82) is 0 Å². The third-order valence-electron chi connectivity index (χ3n) is 4.89. The summed E-state index contributed by atoms with van der Waals surface area (Å²) in [4.78, 5) is 6.90. The van der Waals surface area contributed by atoms with Crippen LogP contribution >= 0.6 is 11.6 Å². The fourth-order valence-corrected chi connectivity index (χ4v) is 3.40. The normalized spacial score (nSPS) is 19.7. The van der Waals surface area contributed by atoms with Crippen molar-refractivity contribution in [3.63, 3.8) is 0 Å². The third-order valence-corrected chi connectivity index (χ3v) is 5.12. The lowest BCUT2D eigenvalue weighted by atomic mass is 10.0. The summed E-state index contributed by atoms with van der Waals surface area (Å²) >= 11 is 6.02. The largest absolute Gasteiger partial charge is 0.338 e. The summed E-state index contributed by atoms with van der Waals surface area (Å²) < 4.78 is 5.41. The molecule has 1 saturated heterocycles. The van der Waals surface area contributed by atoms with Gasteiger partial charge in [0.1, 0.15) is 0 Å². The van der Waals surface area contributed by atoms with Gasteiger partial charge >= 0.3 is 0 Å². The number of benzene rings is 1. The molecule has 128 valence electrons. The van der Waals surface area contributed by atoms with E-state index in [1.807, 2.05) is 24.3 Å². The first-order valence-electron chi connectivity index (χ1n) is 8.80. The fourth-order valence-electron chi connectivity index (χ4n) is 3.21. The SMILES string of the molecule is Clc1cccc(-c2noc(CN3CCC(NCC4CC4)CC3)n2)c1. The van der Waals surface area contributed by atoms with Gasteiger partial charge in [0.25, 0.3) is 0 Å². The van der Waals surface area contributed by atoms with Crippen LogP contribution in [0.1, 0.15) is 31.6 Å². The second-order valence-electron chi connectivity index (χ2n) is 6.92. The van der Waals surface area contributed by atoms with Gasteiger partial charge < -0.3 is 9.84 Å². The summed E-state index contributed by atoms with van der Waals surface area (Å²) in [6.07, 6.45) is 5.22. The summed E-state index contributed by atoms with van der Waals surface area (Å²) in [6, 6.07) is 8.21. The number of piperidine rings is 1. The molecule has 1 aromatic carbocycles. The molecule has 24 heavy (non-hydrogen) atoms. The van der Waals surface area contributed by atoms with Crippen LogP contribution in [0.5, 0.6) is 0 Å². The van der Waals surface area contributed by atoms with Gasteiger partial charge in [-0.1, -0.05) is 28.9 Å². The molecule has 2 fully saturated rings. The monoisotopic (exact) mass is 346 g/mol. The number of likely N-dealkylation sites (tertiary alicyclic amines) is 1. The van der Waals surface area contributed by atoms with Crippen LogP contribution in [0.15, 0.2) is 28.8 Å². The van der Waals surface area contributed by atoms with E-state index in [1.54, 1.807) is 0 Å². The van der Waals surface area contributed by atoms with Gasteiger partial charge in [-0.2, -0.15) is 4.98 Å². The van der Waals surface area contributed by atoms with E-state index in [4.69, 9.17) is 16.1 Å². The van der Waals surface area contributed by atoms with E-state index < -0.39 is 0 Å². The minimum absolute atomic E-state index is 0.605. The van der Waals surface area contributed by atoms with Crippen LogP contribution < -0.4 is 5.32 Å². The van der Waals surface area contributed by atoms with E-state index in [0.717, 1.165) is 31.1 Å². The molecule has 0 amide bonds. The predicted octanol–water partition coefficient (Wildman–Crippen LogP) is 3.35. The Balaban J connectivity index is 1.28. The standard InChI is InChI=1S/C18H23ClN4O/c19-15-3-1-2-14(10-15)18-21-17(24-22-18)12-23-8-6-16(7-9-23)20-11-13-4-5-13/h1-3,10,13,16,20H,4-9,11-12H2. The minimum Gasteiger partial charge on any atom is -0.338 e. The topological polar surface area (TPSA) is 54.2 Å². The first-order valence-corrected chi connectivity index (χ1v) is 9.18. The van der Waals surface area contributed by atoms with Crippen molar-refractivity contribution < 1.29 is 4.52 Å². The van der Waals surface area contributed by atoms with Gasteiger partial charge in [0.05, 0.1) is 6.54 Å². The maximum Gasteiger partial charge on any atom is 0.241 e. The number of nitrogens with one attached hydrogen (secondary N) is 1. The molecule has 0 unspecified atom stereocenters. The van der Waals surface area contributed by atoms with Crippen molar-refractivity contribution in [2.45, 2.75) is 38.3 Å². The lowest BCUT2D eigenvalue weighted by molar-refractivity contribution is 0.170. The number of hydrogen-bond acceptors (Lipinski definition) is 5. The Hall–Kier alpha value is -1.43. The highest BCUT2D eigenvalue weighted by Crippen LogP contribution is 2.28. The highest BCUT2D eigenvalue weighted by atomic mass is 35.5. The van der Waals surface area contributed by atoms with E-state index in [9.17, 15) is 0 Å². The molecule has 5 nitrogen and oxygen atoms in total. The summed E-state index contributed by atoms with van der Waals surface area (Å²) in [7, 11) is 0. The van der Waals surface area contributed by atoms with Crippen LogP contribution in [0.2, 0.25) is 5.02 Å². The summed E-state index contributed by atoms with van der Waals surface area (Å²) in [6.45, 7) is 4.09. The quantitative estimate of drug-likeness (QED) is 0.869. The molecule has 0 bridgehead atoms. The molecule has 4 rings (SSSR count). The molecule has 1 N–H and O–H groups in total. The zero-order chi connectivity index (χ0) is 16.4. The molecule has 2 aliphatic rings. The minimum atomic E-state index is 0.605. The maximum absolute atomic E-state index is 6.02. The average Bonchev–Trinajstić information content (AvgIpc) is 3.31. The van der Waals surface area contributed by atoms with Crippen LogP contribution in [0.4, 0.5) is 0 Å². The smallest absolute Gasteiger partial charge is 0.241 e. The molecule has 1 aromatic heterocycles. The average molecular weight is 347 g/mol. The first-order chi connectivity index (χ1) is 11.8. The van der Waals surface area contributed by atoms with E-state index >= 15 is 0 Å². The van der Waals surface area contributed by atoms with Crippen molar-refractivity contribution in [2.75, 3.05) is 19.6 Å². The van der Waals surface area contributed by atoms with E-state index in [2.05, 4.69) is 20.4 Å². The Bertz CT molecular complexity index is 677. The molecule has 1 saturated carbocycles. The Kier molecular flexibility index (Phi) is 4.83. The predicted molar refractivity (Wildman–Crippen MR) is 93.8 cm³/mol. The van der Waals surface area contributed by atoms with E-state index in [-0.39, 0.29) is 0 Å². The lowest BCUT2D eigenvalue weighted by Crippen LogP contribution is -2.42. The van der Waals surface area contributed by atoms with Gasteiger partial charge in [-0.25, -0.2) is 0 Å². The zero-order valence-electron chi connectivity index (χ0n) is 13.7. The van der Waals surface area contributed by atoms with Crippen molar-refractivity contribution in [3.8, 4) is 11.4 Å². The number of nitrogens with zero attached hydrogens (tertiary/aromatic N) is 3. The van der Waals surface area contributed by atoms with Crippen molar-refractivity contribution in [2.24, 2.45) is 5.92 Å². The molecule has 2 heterocycles. The zero-order valence-corrected chi connectivity index (χ0v) is 14.5. The van der Waals surface area contributed by atoms with Crippen molar-refractivity contribution in [1.82, 2.24) is 20.4 Å². The van der Waals surface area contributed by atoms with E-state index in [1.165, 1.54) is 32.2 Å². The summed E-state index contributed by atoms with van der Waals surface area (Å²) in [5, 5.41) is 8.47. The van der Waals surface area contributed by atoms with E-state index in [0.29, 0.717) is 22.8 Å². The number of rotatable bonds is 6. The fraction of sp³-hybridized carbons (Fsp3) is 0.556. The number of halogens is 1. The summed E-state index contributed by atoms with van der Waals surface area (Å²) in [5.41, 5.74) is 0.889. The number of aromatic nitrogens is 2. The van der Waals surface area contributed by atoms with Gasteiger partial charge in [0.2, 0.25) is 11.7 Å². The Morgan fingerprint density at radius 1 is 1.21 bits per heavy atom. The molecule has 0 spiro atoms. The second kappa shape index (κ2) is 7.21. The Labute approximate surface area is 147 Å². The molecular weight excluding hydrogens is 324 g/mol. The molecule has 1 aliphatic carbocycles. The van der Waals surface area contributed by atoms with Gasteiger partial charge in [-0.3, -0.25) is 4.90 Å². The second-order valence-corrected chi connectivity index (χ2v) is 7.36. The van der Waals surface area contributed by atoms with Crippen LogP contribution in [-0.4, -0.2) is 40.7 Å². The third kappa shape index (κ3) is 4.15. The summed E-state index contributed by atoms with van der Waals surface area (Å²) in [5.74, 6) is 2.23. The van der Waals surface area contributed by atoms with Crippen molar-refractivity contribution in [3.05, 3.63) is 35.2 Å².